The van der Waals surface area contributed by atoms with Crippen LogP contribution in [0.5, 0.6) is 0 Å². The molecule has 2 aliphatic rings. The summed E-state index contributed by atoms with van der Waals surface area (Å²) in [5.41, 5.74) is 0.147. The maximum Gasteiger partial charge on any atom is 0.321 e. The SMILES string of the molecule is CC(=O)N(CCc1noc(C2CCC2)n1)C1CCN(C(=O)Nc2ccccc2F)C1. The van der Waals surface area contributed by atoms with Crippen molar-refractivity contribution in [3.63, 3.8) is 0 Å². The molecule has 1 saturated heterocycles. The lowest BCUT2D eigenvalue weighted by atomic mass is 9.85. The van der Waals surface area contributed by atoms with Crippen molar-refractivity contribution in [2.45, 2.75) is 51.0 Å². The summed E-state index contributed by atoms with van der Waals surface area (Å²) >= 11 is 0. The third-order valence-corrected chi connectivity index (χ3v) is 5.93. The van der Waals surface area contributed by atoms with Gasteiger partial charge in [0.05, 0.1) is 11.7 Å². The standard InChI is InChI=1S/C21H26FN5O3/c1-14(28)27(12-10-19-24-20(30-25-19)15-5-4-6-15)16-9-11-26(13-16)21(29)23-18-8-3-2-7-17(18)22/h2-3,7-8,15-16H,4-6,9-13H2,1H3,(H,23,29). The normalized spacial score (nSPS) is 18.9. The largest absolute Gasteiger partial charge is 0.339 e. The van der Waals surface area contributed by atoms with Crippen molar-refractivity contribution in [3.8, 4) is 0 Å². The predicted octanol–water partition coefficient (Wildman–Crippen LogP) is 3.17. The van der Waals surface area contributed by atoms with E-state index in [0.29, 0.717) is 50.1 Å². The number of carbonyl (C=O) groups is 2. The number of likely N-dealkylation sites (tertiary alicyclic amines) is 1. The smallest absolute Gasteiger partial charge is 0.321 e. The number of anilines is 1. The fourth-order valence-corrected chi connectivity index (χ4v) is 3.95. The molecule has 30 heavy (non-hydrogen) atoms. The predicted molar refractivity (Wildman–Crippen MR) is 107 cm³/mol. The second-order valence-electron chi connectivity index (χ2n) is 7.94. The Bertz CT molecular complexity index is 914. The van der Waals surface area contributed by atoms with Crippen molar-refractivity contribution in [2.24, 2.45) is 0 Å². The molecule has 1 atom stereocenters. The van der Waals surface area contributed by atoms with Crippen LogP contribution >= 0.6 is 0 Å². The Hall–Kier alpha value is -2.97. The molecule has 0 bridgehead atoms. The van der Waals surface area contributed by atoms with Gasteiger partial charge < -0.3 is 19.6 Å². The highest BCUT2D eigenvalue weighted by atomic mass is 19.1. The lowest BCUT2D eigenvalue weighted by Crippen LogP contribution is -2.43. The number of para-hydroxylation sites is 1. The first-order valence-electron chi connectivity index (χ1n) is 10.4. The van der Waals surface area contributed by atoms with Crippen LogP contribution in [0.15, 0.2) is 28.8 Å². The van der Waals surface area contributed by atoms with Crippen molar-refractivity contribution in [1.29, 1.82) is 0 Å². The Labute approximate surface area is 174 Å². The van der Waals surface area contributed by atoms with Crippen molar-refractivity contribution in [2.75, 3.05) is 25.0 Å². The zero-order chi connectivity index (χ0) is 21.1. The van der Waals surface area contributed by atoms with Gasteiger partial charge in [-0.15, -0.1) is 0 Å². The van der Waals surface area contributed by atoms with Gasteiger partial charge in [0.15, 0.2) is 5.82 Å². The van der Waals surface area contributed by atoms with Gasteiger partial charge in [-0.2, -0.15) is 4.98 Å². The van der Waals surface area contributed by atoms with Crippen LogP contribution in [0.1, 0.15) is 50.2 Å². The summed E-state index contributed by atoms with van der Waals surface area (Å²) in [5, 5.41) is 6.64. The summed E-state index contributed by atoms with van der Waals surface area (Å²) in [5.74, 6) is 1.15. The van der Waals surface area contributed by atoms with Gasteiger partial charge in [-0.3, -0.25) is 4.79 Å². The molecule has 2 fully saturated rings. The minimum absolute atomic E-state index is 0.0564. The number of hydrogen-bond acceptors (Lipinski definition) is 5. The van der Waals surface area contributed by atoms with Crippen LogP contribution in [0.4, 0.5) is 14.9 Å². The third-order valence-electron chi connectivity index (χ3n) is 5.93. The molecule has 160 valence electrons. The molecule has 2 aromatic rings. The molecule has 3 amide bonds. The topological polar surface area (TPSA) is 91.6 Å². The molecular formula is C21H26FN5O3. The number of rotatable bonds is 6. The van der Waals surface area contributed by atoms with E-state index < -0.39 is 5.82 Å². The highest BCUT2D eigenvalue weighted by Crippen LogP contribution is 2.35. The van der Waals surface area contributed by atoms with Crippen LogP contribution < -0.4 is 5.32 Å². The van der Waals surface area contributed by atoms with E-state index in [9.17, 15) is 14.0 Å². The highest BCUT2D eigenvalue weighted by Gasteiger charge is 2.32. The second-order valence-corrected chi connectivity index (χ2v) is 7.94. The van der Waals surface area contributed by atoms with Crippen molar-refractivity contribution in [3.05, 3.63) is 41.8 Å². The minimum atomic E-state index is -0.478. The van der Waals surface area contributed by atoms with E-state index in [1.807, 2.05) is 0 Å². The number of aromatic nitrogens is 2. The van der Waals surface area contributed by atoms with E-state index in [1.165, 1.54) is 25.5 Å². The quantitative estimate of drug-likeness (QED) is 0.782. The summed E-state index contributed by atoms with van der Waals surface area (Å²) in [7, 11) is 0. The monoisotopic (exact) mass is 415 g/mol. The first-order chi connectivity index (χ1) is 14.5. The lowest BCUT2D eigenvalue weighted by molar-refractivity contribution is -0.130. The number of halogens is 1. The summed E-state index contributed by atoms with van der Waals surface area (Å²) in [4.78, 5) is 32.6. The number of carbonyl (C=O) groups excluding carboxylic acids is 2. The van der Waals surface area contributed by atoms with Gasteiger partial charge in [0.25, 0.3) is 0 Å². The van der Waals surface area contributed by atoms with Gasteiger partial charge in [-0.1, -0.05) is 23.7 Å². The molecule has 1 aliphatic carbocycles. The van der Waals surface area contributed by atoms with E-state index in [4.69, 9.17) is 4.52 Å². The number of benzene rings is 1. The Morgan fingerprint density at radius 3 is 2.80 bits per heavy atom. The zero-order valence-electron chi connectivity index (χ0n) is 17.0. The molecule has 1 aliphatic heterocycles. The molecule has 9 heteroatoms. The second kappa shape index (κ2) is 8.81. The van der Waals surface area contributed by atoms with Crippen molar-refractivity contribution in [1.82, 2.24) is 19.9 Å². The third kappa shape index (κ3) is 4.44. The molecule has 1 aromatic heterocycles. The fourth-order valence-electron chi connectivity index (χ4n) is 3.95. The molecule has 1 N–H and O–H groups in total. The molecule has 1 saturated carbocycles. The van der Waals surface area contributed by atoms with Crippen LogP contribution in [0.2, 0.25) is 0 Å². The van der Waals surface area contributed by atoms with Gasteiger partial charge in [-0.05, 0) is 31.4 Å². The Morgan fingerprint density at radius 2 is 2.10 bits per heavy atom. The average molecular weight is 415 g/mol. The van der Waals surface area contributed by atoms with E-state index in [0.717, 1.165) is 12.8 Å². The zero-order valence-corrected chi connectivity index (χ0v) is 17.0. The van der Waals surface area contributed by atoms with Crippen molar-refractivity contribution < 1.29 is 18.5 Å². The number of nitrogens with one attached hydrogen (secondary N) is 1. The van der Waals surface area contributed by atoms with Gasteiger partial charge in [-0.25, -0.2) is 9.18 Å². The van der Waals surface area contributed by atoms with E-state index >= 15 is 0 Å². The number of nitrogens with zero attached hydrogens (tertiary/aromatic N) is 4. The van der Waals surface area contributed by atoms with Crippen molar-refractivity contribution >= 4 is 17.6 Å². The molecular weight excluding hydrogens is 389 g/mol. The van der Waals surface area contributed by atoms with Crippen LogP contribution in [0.3, 0.4) is 0 Å². The number of amides is 3. The molecule has 8 nitrogen and oxygen atoms in total. The van der Waals surface area contributed by atoms with Gasteiger partial charge in [0, 0.05) is 38.9 Å². The Morgan fingerprint density at radius 1 is 1.30 bits per heavy atom. The maximum absolute atomic E-state index is 13.8. The van der Waals surface area contributed by atoms with Crippen LogP contribution in [0, 0.1) is 5.82 Å². The average Bonchev–Trinajstić information content (AvgIpc) is 3.32. The number of hydrogen-bond donors (Lipinski definition) is 1. The first kappa shape index (κ1) is 20.3. The lowest BCUT2D eigenvalue weighted by Gasteiger charge is -2.27. The fraction of sp³-hybridized carbons (Fsp3) is 0.524. The van der Waals surface area contributed by atoms with Gasteiger partial charge >= 0.3 is 6.03 Å². The molecule has 1 unspecified atom stereocenters. The van der Waals surface area contributed by atoms with E-state index in [2.05, 4.69) is 15.5 Å². The Kier molecular flexibility index (Phi) is 5.96. The Balaban J connectivity index is 1.32. The summed E-state index contributed by atoms with van der Waals surface area (Å²) < 4.78 is 19.1. The van der Waals surface area contributed by atoms with Crippen LogP contribution in [-0.4, -0.2) is 57.6 Å². The summed E-state index contributed by atoms with van der Waals surface area (Å²) in [6, 6.07) is 5.60. The molecule has 4 rings (SSSR count). The molecule has 2 heterocycles. The first-order valence-corrected chi connectivity index (χ1v) is 10.4. The minimum Gasteiger partial charge on any atom is -0.339 e. The maximum atomic E-state index is 13.8. The van der Waals surface area contributed by atoms with Gasteiger partial charge in [0.1, 0.15) is 5.82 Å². The molecule has 1 aromatic carbocycles. The summed E-state index contributed by atoms with van der Waals surface area (Å²) in [6.07, 6.45) is 4.56. The van der Waals surface area contributed by atoms with Gasteiger partial charge in [0.2, 0.25) is 11.8 Å². The van der Waals surface area contributed by atoms with Crippen LogP contribution in [0.25, 0.3) is 0 Å². The summed E-state index contributed by atoms with van der Waals surface area (Å²) in [6.45, 7) is 2.90. The number of urea groups is 1. The highest BCUT2D eigenvalue weighted by molar-refractivity contribution is 5.89. The van der Waals surface area contributed by atoms with E-state index in [1.54, 1.807) is 21.9 Å². The molecule has 0 radical (unpaired) electrons. The molecule has 0 spiro atoms. The van der Waals surface area contributed by atoms with Crippen LogP contribution in [-0.2, 0) is 11.2 Å². The van der Waals surface area contributed by atoms with E-state index in [-0.39, 0.29) is 23.7 Å².